The molecule has 0 aliphatic carbocycles. The van der Waals surface area contributed by atoms with E-state index < -0.39 is 9.84 Å². The van der Waals surface area contributed by atoms with Crippen molar-refractivity contribution in [1.29, 1.82) is 0 Å². The SMILES string of the molecule is CC=CSc1ccc(S(=O)(=O)c2ccc(SC=CC)cc2)cc1. The maximum Gasteiger partial charge on any atom is 0.206 e. The van der Waals surface area contributed by atoms with E-state index in [0.29, 0.717) is 9.79 Å². The van der Waals surface area contributed by atoms with Crippen molar-refractivity contribution < 1.29 is 8.42 Å². The molecule has 23 heavy (non-hydrogen) atoms. The molecular weight excluding hydrogens is 344 g/mol. The van der Waals surface area contributed by atoms with Crippen LogP contribution < -0.4 is 0 Å². The van der Waals surface area contributed by atoms with Gasteiger partial charge in [-0.3, -0.25) is 0 Å². The van der Waals surface area contributed by atoms with Crippen molar-refractivity contribution in [1.82, 2.24) is 0 Å². The average Bonchev–Trinajstić information content (AvgIpc) is 2.59. The van der Waals surface area contributed by atoms with Crippen molar-refractivity contribution in [3.63, 3.8) is 0 Å². The van der Waals surface area contributed by atoms with Gasteiger partial charge < -0.3 is 0 Å². The highest BCUT2D eigenvalue weighted by atomic mass is 32.2. The fourth-order valence-electron chi connectivity index (χ4n) is 1.82. The van der Waals surface area contributed by atoms with Crippen molar-refractivity contribution in [2.45, 2.75) is 33.4 Å². The topological polar surface area (TPSA) is 34.1 Å². The Labute approximate surface area is 146 Å². The molecule has 0 spiro atoms. The normalized spacial score (nSPS) is 12.3. The second-order valence-electron chi connectivity index (χ2n) is 4.62. The predicted octanol–water partition coefficient (Wildman–Crippen LogP) is 5.77. The van der Waals surface area contributed by atoms with E-state index in [2.05, 4.69) is 0 Å². The number of hydrogen-bond donors (Lipinski definition) is 0. The van der Waals surface area contributed by atoms with E-state index in [4.69, 9.17) is 0 Å². The highest BCUT2D eigenvalue weighted by molar-refractivity contribution is 8.02. The fourth-order valence-corrected chi connectivity index (χ4v) is 4.26. The summed E-state index contributed by atoms with van der Waals surface area (Å²) in [5, 5.41) is 3.93. The molecule has 0 atom stereocenters. The van der Waals surface area contributed by atoms with Gasteiger partial charge >= 0.3 is 0 Å². The van der Waals surface area contributed by atoms with Crippen molar-refractivity contribution in [3.8, 4) is 0 Å². The molecule has 2 rings (SSSR count). The highest BCUT2D eigenvalue weighted by Crippen LogP contribution is 2.27. The molecule has 0 N–H and O–H groups in total. The lowest BCUT2D eigenvalue weighted by Crippen LogP contribution is -2.01. The standard InChI is InChI=1S/C18H18O2S3/c1-3-13-21-15-5-9-17(10-6-15)23(19,20)18-11-7-16(8-12-18)22-14-4-2/h3-14H,1-2H3. The minimum atomic E-state index is -3.47. The number of rotatable bonds is 6. The molecule has 0 fully saturated rings. The summed E-state index contributed by atoms with van der Waals surface area (Å²) in [6.07, 6.45) is 3.89. The van der Waals surface area contributed by atoms with Crippen LogP contribution in [0.15, 0.2) is 91.1 Å². The summed E-state index contributed by atoms with van der Waals surface area (Å²) in [6.45, 7) is 3.90. The van der Waals surface area contributed by atoms with Gasteiger partial charge in [-0.2, -0.15) is 0 Å². The summed E-state index contributed by atoms with van der Waals surface area (Å²) in [5.41, 5.74) is 0. The third-order valence-electron chi connectivity index (χ3n) is 2.95. The first-order valence-electron chi connectivity index (χ1n) is 7.09. The Morgan fingerprint density at radius 1 is 0.696 bits per heavy atom. The molecule has 0 aliphatic heterocycles. The van der Waals surface area contributed by atoms with Crippen LogP contribution in [0, 0.1) is 0 Å². The maximum atomic E-state index is 12.6. The van der Waals surface area contributed by atoms with Gasteiger partial charge in [-0.1, -0.05) is 35.7 Å². The van der Waals surface area contributed by atoms with Gasteiger partial charge in [-0.25, -0.2) is 8.42 Å². The molecular formula is C18H18O2S3. The zero-order valence-corrected chi connectivity index (χ0v) is 15.4. The van der Waals surface area contributed by atoms with Crippen LogP contribution >= 0.6 is 23.5 Å². The Bertz CT molecular complexity index is 724. The van der Waals surface area contributed by atoms with E-state index in [-0.39, 0.29) is 0 Å². The summed E-state index contributed by atoms with van der Waals surface area (Å²) in [7, 11) is -3.47. The lowest BCUT2D eigenvalue weighted by atomic mass is 10.4. The highest BCUT2D eigenvalue weighted by Gasteiger charge is 2.17. The molecule has 120 valence electrons. The summed E-state index contributed by atoms with van der Waals surface area (Å²) < 4.78 is 25.3. The van der Waals surface area contributed by atoms with E-state index >= 15 is 0 Å². The number of hydrogen-bond acceptors (Lipinski definition) is 4. The average molecular weight is 363 g/mol. The Hall–Kier alpha value is -1.43. The molecule has 5 heteroatoms. The van der Waals surface area contributed by atoms with Crippen LogP contribution in [0.25, 0.3) is 0 Å². The molecule has 0 aromatic heterocycles. The Morgan fingerprint density at radius 3 is 1.35 bits per heavy atom. The molecule has 0 unspecified atom stereocenters. The van der Waals surface area contributed by atoms with Gasteiger partial charge in [0.2, 0.25) is 9.84 Å². The molecule has 2 aromatic rings. The van der Waals surface area contributed by atoms with E-state index in [0.717, 1.165) is 9.79 Å². The number of thioether (sulfide) groups is 2. The first-order valence-corrected chi connectivity index (χ1v) is 10.3. The first kappa shape index (κ1) is 17.9. The van der Waals surface area contributed by atoms with E-state index in [9.17, 15) is 8.42 Å². The zero-order chi connectivity index (χ0) is 16.7. The van der Waals surface area contributed by atoms with Gasteiger partial charge in [-0.05, 0) is 73.2 Å². The van der Waals surface area contributed by atoms with Crippen LogP contribution in [0.1, 0.15) is 13.8 Å². The molecule has 2 nitrogen and oxygen atoms in total. The lowest BCUT2D eigenvalue weighted by Gasteiger charge is -2.06. The monoisotopic (exact) mass is 362 g/mol. The molecule has 0 saturated carbocycles. The zero-order valence-electron chi connectivity index (χ0n) is 13.0. The molecule has 0 amide bonds. The Kier molecular flexibility index (Phi) is 6.57. The minimum absolute atomic E-state index is 0.316. The predicted molar refractivity (Wildman–Crippen MR) is 99.7 cm³/mol. The maximum absolute atomic E-state index is 12.6. The molecule has 0 saturated heterocycles. The van der Waals surface area contributed by atoms with Gasteiger partial charge in [0.15, 0.2) is 0 Å². The van der Waals surface area contributed by atoms with Gasteiger partial charge in [0, 0.05) is 9.79 Å². The van der Waals surface area contributed by atoms with Crippen LogP contribution in [-0.4, -0.2) is 8.42 Å². The summed E-state index contributed by atoms with van der Waals surface area (Å²) in [4.78, 5) is 2.66. The quantitative estimate of drug-likeness (QED) is 0.611. The Morgan fingerprint density at radius 2 is 1.04 bits per heavy atom. The second kappa shape index (κ2) is 8.43. The molecule has 0 bridgehead atoms. The summed E-state index contributed by atoms with van der Waals surface area (Å²) >= 11 is 3.12. The van der Waals surface area contributed by atoms with Gasteiger partial charge in [0.25, 0.3) is 0 Å². The van der Waals surface area contributed by atoms with Crippen molar-refractivity contribution >= 4 is 33.4 Å². The number of allylic oxidation sites excluding steroid dienone is 2. The number of benzene rings is 2. The fraction of sp³-hybridized carbons (Fsp3) is 0.111. The van der Waals surface area contributed by atoms with E-state index in [1.165, 1.54) is 0 Å². The summed E-state index contributed by atoms with van der Waals surface area (Å²) in [5.74, 6) is 0. The van der Waals surface area contributed by atoms with Crippen LogP contribution in [0.5, 0.6) is 0 Å². The van der Waals surface area contributed by atoms with Crippen LogP contribution in [-0.2, 0) is 9.84 Å². The lowest BCUT2D eigenvalue weighted by molar-refractivity contribution is 0.596. The van der Waals surface area contributed by atoms with Crippen LogP contribution in [0.4, 0.5) is 0 Å². The van der Waals surface area contributed by atoms with Crippen molar-refractivity contribution in [3.05, 3.63) is 71.5 Å². The van der Waals surface area contributed by atoms with Gasteiger partial charge in [0.05, 0.1) is 9.79 Å². The molecule has 2 aromatic carbocycles. The third kappa shape index (κ3) is 4.77. The largest absolute Gasteiger partial charge is 0.219 e. The molecule has 0 radical (unpaired) electrons. The van der Waals surface area contributed by atoms with Crippen molar-refractivity contribution in [2.24, 2.45) is 0 Å². The van der Waals surface area contributed by atoms with E-state index in [1.54, 1.807) is 47.8 Å². The Balaban J connectivity index is 2.23. The summed E-state index contributed by atoms with van der Waals surface area (Å²) in [6, 6.07) is 13.9. The van der Waals surface area contributed by atoms with Gasteiger partial charge in [-0.15, -0.1) is 0 Å². The third-order valence-corrected chi connectivity index (χ3v) is 6.64. The second-order valence-corrected chi connectivity index (χ2v) is 8.53. The molecule has 0 aliphatic rings. The van der Waals surface area contributed by atoms with Gasteiger partial charge in [0.1, 0.15) is 0 Å². The first-order chi connectivity index (χ1) is 11.1. The smallest absolute Gasteiger partial charge is 0.206 e. The van der Waals surface area contributed by atoms with Crippen LogP contribution in [0.2, 0.25) is 0 Å². The van der Waals surface area contributed by atoms with Crippen LogP contribution in [0.3, 0.4) is 0 Å². The minimum Gasteiger partial charge on any atom is -0.219 e. The van der Waals surface area contributed by atoms with Crippen molar-refractivity contribution in [2.75, 3.05) is 0 Å². The number of sulfone groups is 1. The van der Waals surface area contributed by atoms with E-state index in [1.807, 2.05) is 61.1 Å². The molecule has 0 heterocycles.